The van der Waals surface area contributed by atoms with Crippen molar-refractivity contribution in [1.29, 1.82) is 0 Å². The Hall–Kier alpha value is -1.55. The molecule has 2 heterocycles. The van der Waals surface area contributed by atoms with E-state index in [-0.39, 0.29) is 0 Å². The van der Waals surface area contributed by atoms with Crippen molar-refractivity contribution in [3.8, 4) is 0 Å². The number of carboxylic acid groups (broad SMARTS) is 1. The van der Waals surface area contributed by atoms with E-state index in [2.05, 4.69) is 4.98 Å². The minimum Gasteiger partial charge on any atom is -0.465 e. The molecule has 16 heavy (non-hydrogen) atoms. The van der Waals surface area contributed by atoms with Gasteiger partial charge in [-0.3, -0.25) is 0 Å². The molecule has 0 saturated heterocycles. The minimum atomic E-state index is -0.880. The number of rotatable bonds is 1. The van der Waals surface area contributed by atoms with Gasteiger partial charge >= 0.3 is 6.09 Å². The molecule has 1 amide bonds. The van der Waals surface area contributed by atoms with Gasteiger partial charge in [0.1, 0.15) is 5.15 Å². The van der Waals surface area contributed by atoms with Gasteiger partial charge in [-0.2, -0.15) is 0 Å². The fraction of sp³-hybridized carbons (Fsp3) is 0.273. The summed E-state index contributed by atoms with van der Waals surface area (Å²) in [6.07, 6.45) is 1.69. The Morgan fingerprint density at radius 3 is 2.88 bits per heavy atom. The highest BCUT2D eigenvalue weighted by Gasteiger charge is 2.17. The van der Waals surface area contributed by atoms with E-state index in [1.807, 2.05) is 18.2 Å². The molecule has 1 aromatic heterocycles. The quantitative estimate of drug-likeness (QED) is 0.765. The predicted octanol–water partition coefficient (Wildman–Crippen LogP) is 2.50. The van der Waals surface area contributed by atoms with Crippen molar-refractivity contribution in [3.05, 3.63) is 35.1 Å². The number of pyridine rings is 1. The van der Waals surface area contributed by atoms with Gasteiger partial charge in [-0.1, -0.05) is 23.7 Å². The molecule has 1 aliphatic heterocycles. The molecule has 0 aromatic carbocycles. The Labute approximate surface area is 98.2 Å². The second kappa shape index (κ2) is 4.53. The van der Waals surface area contributed by atoms with Gasteiger partial charge in [0.15, 0.2) is 0 Å². The molecule has 1 aromatic rings. The molecular formula is C11H11ClN2O2. The van der Waals surface area contributed by atoms with Crippen molar-refractivity contribution in [1.82, 2.24) is 9.88 Å². The zero-order chi connectivity index (χ0) is 11.5. The third-order valence-electron chi connectivity index (χ3n) is 2.52. The molecule has 0 saturated carbocycles. The van der Waals surface area contributed by atoms with Crippen molar-refractivity contribution in [2.24, 2.45) is 0 Å². The molecule has 84 valence electrons. The molecule has 0 atom stereocenters. The molecular weight excluding hydrogens is 228 g/mol. The monoisotopic (exact) mass is 238 g/mol. The van der Waals surface area contributed by atoms with Crippen molar-refractivity contribution in [2.45, 2.75) is 6.42 Å². The molecule has 0 unspecified atom stereocenters. The zero-order valence-electron chi connectivity index (χ0n) is 8.56. The smallest absolute Gasteiger partial charge is 0.407 e. The third kappa shape index (κ3) is 2.33. The second-order valence-electron chi connectivity index (χ2n) is 3.55. The maximum absolute atomic E-state index is 10.7. The van der Waals surface area contributed by atoms with E-state index in [9.17, 15) is 4.79 Å². The molecule has 5 heteroatoms. The van der Waals surface area contributed by atoms with Crippen LogP contribution in [0.25, 0.3) is 5.57 Å². The van der Waals surface area contributed by atoms with Crippen LogP contribution in [0.1, 0.15) is 12.1 Å². The Balaban J connectivity index is 2.16. The van der Waals surface area contributed by atoms with Crippen molar-refractivity contribution >= 4 is 23.3 Å². The van der Waals surface area contributed by atoms with Crippen LogP contribution in [0.2, 0.25) is 5.15 Å². The molecule has 4 nitrogen and oxygen atoms in total. The van der Waals surface area contributed by atoms with E-state index in [0.717, 1.165) is 11.3 Å². The van der Waals surface area contributed by atoms with E-state index < -0.39 is 6.09 Å². The Morgan fingerprint density at radius 2 is 2.31 bits per heavy atom. The van der Waals surface area contributed by atoms with Gasteiger partial charge in [0.2, 0.25) is 0 Å². The third-order valence-corrected chi connectivity index (χ3v) is 2.73. The van der Waals surface area contributed by atoms with Crippen LogP contribution >= 0.6 is 11.6 Å². The van der Waals surface area contributed by atoms with Crippen LogP contribution in [0.3, 0.4) is 0 Å². The van der Waals surface area contributed by atoms with Gasteiger partial charge in [0, 0.05) is 13.1 Å². The molecule has 0 bridgehead atoms. The first-order valence-electron chi connectivity index (χ1n) is 4.96. The molecule has 1 N–H and O–H groups in total. The number of nitrogens with zero attached hydrogens (tertiary/aromatic N) is 2. The summed E-state index contributed by atoms with van der Waals surface area (Å²) >= 11 is 5.80. The molecule has 1 aliphatic rings. The SMILES string of the molecule is O=C(O)N1CC=C(c2cccc(Cl)n2)CC1. The number of hydrogen-bond acceptors (Lipinski definition) is 2. The Morgan fingerprint density at radius 1 is 1.50 bits per heavy atom. The van der Waals surface area contributed by atoms with Crippen molar-refractivity contribution in [3.63, 3.8) is 0 Å². The van der Waals surface area contributed by atoms with Crippen molar-refractivity contribution in [2.75, 3.05) is 13.1 Å². The van der Waals surface area contributed by atoms with E-state index >= 15 is 0 Å². The average molecular weight is 239 g/mol. The van der Waals surface area contributed by atoms with Crippen LogP contribution in [0, 0.1) is 0 Å². The summed E-state index contributed by atoms with van der Waals surface area (Å²) in [6.45, 7) is 0.925. The van der Waals surface area contributed by atoms with E-state index in [1.54, 1.807) is 6.07 Å². The van der Waals surface area contributed by atoms with Crippen LogP contribution < -0.4 is 0 Å². The lowest BCUT2D eigenvalue weighted by molar-refractivity contribution is 0.150. The first-order valence-corrected chi connectivity index (χ1v) is 5.34. The summed E-state index contributed by atoms with van der Waals surface area (Å²) in [4.78, 5) is 16.3. The van der Waals surface area contributed by atoms with Gasteiger partial charge in [-0.15, -0.1) is 0 Å². The van der Waals surface area contributed by atoms with Crippen LogP contribution in [-0.4, -0.2) is 34.2 Å². The van der Waals surface area contributed by atoms with Crippen LogP contribution in [-0.2, 0) is 0 Å². The van der Waals surface area contributed by atoms with Crippen LogP contribution in [0.4, 0.5) is 4.79 Å². The van der Waals surface area contributed by atoms with Crippen LogP contribution in [0.5, 0.6) is 0 Å². The average Bonchev–Trinajstić information content (AvgIpc) is 2.29. The number of amides is 1. The second-order valence-corrected chi connectivity index (χ2v) is 3.94. The zero-order valence-corrected chi connectivity index (χ0v) is 9.31. The number of aromatic nitrogens is 1. The van der Waals surface area contributed by atoms with Gasteiger partial charge in [-0.05, 0) is 24.1 Å². The minimum absolute atomic E-state index is 0.416. The fourth-order valence-electron chi connectivity index (χ4n) is 1.66. The van der Waals surface area contributed by atoms with Gasteiger partial charge in [0.25, 0.3) is 0 Å². The summed E-state index contributed by atoms with van der Waals surface area (Å²) in [7, 11) is 0. The van der Waals surface area contributed by atoms with Gasteiger partial charge in [-0.25, -0.2) is 9.78 Å². The summed E-state index contributed by atoms with van der Waals surface area (Å²) in [5.74, 6) is 0. The topological polar surface area (TPSA) is 53.4 Å². The first kappa shape index (κ1) is 11.0. The van der Waals surface area contributed by atoms with E-state index in [4.69, 9.17) is 16.7 Å². The molecule has 2 rings (SSSR count). The lowest BCUT2D eigenvalue weighted by Crippen LogP contribution is -2.33. The fourth-order valence-corrected chi connectivity index (χ4v) is 1.83. The van der Waals surface area contributed by atoms with Crippen LogP contribution in [0.15, 0.2) is 24.3 Å². The maximum atomic E-state index is 10.7. The number of halogens is 1. The lowest BCUT2D eigenvalue weighted by Gasteiger charge is -2.23. The summed E-state index contributed by atoms with van der Waals surface area (Å²) in [5.41, 5.74) is 1.89. The largest absolute Gasteiger partial charge is 0.465 e. The molecule has 0 aliphatic carbocycles. The summed E-state index contributed by atoms with van der Waals surface area (Å²) < 4.78 is 0. The number of carbonyl (C=O) groups is 1. The highest BCUT2D eigenvalue weighted by Crippen LogP contribution is 2.21. The molecule has 0 fully saturated rings. The van der Waals surface area contributed by atoms with E-state index in [0.29, 0.717) is 24.7 Å². The van der Waals surface area contributed by atoms with Gasteiger partial charge < -0.3 is 10.0 Å². The standard InChI is InChI=1S/C11H11ClN2O2/c12-10-3-1-2-9(13-10)8-4-6-14(7-5-8)11(15)16/h1-4H,5-7H2,(H,15,16). The molecule has 0 radical (unpaired) electrons. The summed E-state index contributed by atoms with van der Waals surface area (Å²) in [6, 6.07) is 5.45. The van der Waals surface area contributed by atoms with Crippen molar-refractivity contribution < 1.29 is 9.90 Å². The maximum Gasteiger partial charge on any atom is 0.407 e. The Bertz CT molecular complexity index is 445. The predicted molar refractivity (Wildman–Crippen MR) is 61.4 cm³/mol. The first-order chi connectivity index (χ1) is 7.66. The molecule has 0 spiro atoms. The number of hydrogen-bond donors (Lipinski definition) is 1. The highest BCUT2D eigenvalue weighted by atomic mass is 35.5. The highest BCUT2D eigenvalue weighted by molar-refractivity contribution is 6.29. The summed E-state index contributed by atoms with van der Waals surface area (Å²) in [5, 5.41) is 9.26. The Kier molecular flexibility index (Phi) is 3.10. The lowest BCUT2D eigenvalue weighted by atomic mass is 10.0. The van der Waals surface area contributed by atoms with Gasteiger partial charge in [0.05, 0.1) is 5.69 Å². The normalized spacial score (nSPS) is 15.8. The van der Waals surface area contributed by atoms with E-state index in [1.165, 1.54) is 4.90 Å².